The van der Waals surface area contributed by atoms with Crippen LogP contribution < -0.4 is 19.3 Å². The molecule has 1 aliphatic carbocycles. The van der Waals surface area contributed by atoms with E-state index in [0.717, 1.165) is 67.1 Å². The number of ether oxygens (including phenoxy) is 3. The molecular formula is C30H37N9O4. The summed E-state index contributed by atoms with van der Waals surface area (Å²) in [5.41, 5.74) is 1.52. The zero-order valence-electron chi connectivity index (χ0n) is 24.8. The van der Waals surface area contributed by atoms with Crippen molar-refractivity contribution < 1.29 is 18.9 Å². The SMILES string of the molecule is C=[N+]([O-])c1ncc(C(C)Oc2cnc3cc(N4CCOCC4)nc(O[C@H]4CC[C@@H](N(C)c5ncccn5)CC4)c3c2)n1C. The molecule has 43 heavy (non-hydrogen) atoms. The van der Waals surface area contributed by atoms with Crippen LogP contribution in [0.25, 0.3) is 10.9 Å². The van der Waals surface area contributed by atoms with Gasteiger partial charge in [0.05, 0.1) is 37.4 Å². The smallest absolute Gasteiger partial charge is 0.398 e. The summed E-state index contributed by atoms with van der Waals surface area (Å²) in [5.74, 6) is 2.89. The second-order valence-corrected chi connectivity index (χ2v) is 11.0. The molecule has 4 aromatic heterocycles. The summed E-state index contributed by atoms with van der Waals surface area (Å²) < 4.78 is 20.6. The number of imidazole rings is 1. The first-order valence-corrected chi connectivity index (χ1v) is 14.6. The fourth-order valence-electron chi connectivity index (χ4n) is 5.80. The molecule has 0 spiro atoms. The third-order valence-corrected chi connectivity index (χ3v) is 8.23. The summed E-state index contributed by atoms with van der Waals surface area (Å²) in [6, 6.07) is 6.10. The first kappa shape index (κ1) is 28.6. The van der Waals surface area contributed by atoms with Crippen molar-refractivity contribution in [3.8, 4) is 11.6 Å². The first-order valence-electron chi connectivity index (χ1n) is 14.6. The van der Waals surface area contributed by atoms with Crippen LogP contribution in [-0.2, 0) is 11.8 Å². The number of anilines is 2. The fourth-order valence-corrected chi connectivity index (χ4v) is 5.80. The topological polar surface area (TPSA) is 130 Å². The van der Waals surface area contributed by atoms with Gasteiger partial charge in [-0.15, -0.1) is 0 Å². The van der Waals surface area contributed by atoms with Gasteiger partial charge in [-0.25, -0.2) is 14.5 Å². The Balaban J connectivity index is 1.23. The van der Waals surface area contributed by atoms with Crippen LogP contribution in [0.15, 0.2) is 43.0 Å². The molecule has 226 valence electrons. The van der Waals surface area contributed by atoms with Crippen molar-refractivity contribution in [2.75, 3.05) is 43.2 Å². The lowest BCUT2D eigenvalue weighted by Gasteiger charge is -2.34. The van der Waals surface area contributed by atoms with Crippen molar-refractivity contribution in [1.82, 2.24) is 29.5 Å². The Hall–Kier alpha value is -4.52. The number of hydrogen-bond donors (Lipinski definition) is 0. The molecule has 0 radical (unpaired) electrons. The Kier molecular flexibility index (Phi) is 8.23. The lowest BCUT2D eigenvalue weighted by molar-refractivity contribution is -0.362. The van der Waals surface area contributed by atoms with Gasteiger partial charge in [0.1, 0.15) is 23.9 Å². The molecule has 1 atom stereocenters. The molecule has 1 aliphatic heterocycles. The Morgan fingerprint density at radius 3 is 2.51 bits per heavy atom. The van der Waals surface area contributed by atoms with Crippen LogP contribution in [0, 0.1) is 5.21 Å². The number of morpholine rings is 1. The second kappa shape index (κ2) is 12.4. The largest absolute Gasteiger partial charge is 0.741 e. The van der Waals surface area contributed by atoms with Crippen LogP contribution in [0.1, 0.15) is 44.4 Å². The second-order valence-electron chi connectivity index (χ2n) is 11.0. The average molecular weight is 588 g/mol. The highest BCUT2D eigenvalue weighted by Crippen LogP contribution is 2.35. The molecule has 13 nitrogen and oxygen atoms in total. The lowest BCUT2D eigenvalue weighted by atomic mass is 9.92. The maximum Gasteiger partial charge on any atom is 0.398 e. The molecule has 1 saturated carbocycles. The normalized spacial score (nSPS) is 19.7. The quantitative estimate of drug-likeness (QED) is 0.123. The zero-order valence-corrected chi connectivity index (χ0v) is 24.8. The number of pyridine rings is 2. The van der Waals surface area contributed by atoms with Crippen molar-refractivity contribution in [2.24, 2.45) is 7.05 Å². The summed E-state index contributed by atoms with van der Waals surface area (Å²) in [6.07, 6.45) is 10.2. The van der Waals surface area contributed by atoms with E-state index in [0.29, 0.717) is 35.6 Å². The minimum atomic E-state index is -0.392. The van der Waals surface area contributed by atoms with Gasteiger partial charge in [0.25, 0.3) is 0 Å². The highest BCUT2D eigenvalue weighted by molar-refractivity contribution is 5.87. The monoisotopic (exact) mass is 587 g/mol. The van der Waals surface area contributed by atoms with Crippen LogP contribution in [0.4, 0.5) is 17.7 Å². The van der Waals surface area contributed by atoms with Gasteiger partial charge in [0.15, 0.2) is 11.8 Å². The van der Waals surface area contributed by atoms with Crippen LogP contribution >= 0.6 is 0 Å². The van der Waals surface area contributed by atoms with E-state index in [9.17, 15) is 5.21 Å². The van der Waals surface area contributed by atoms with Gasteiger partial charge in [0.2, 0.25) is 11.8 Å². The van der Waals surface area contributed by atoms with E-state index in [2.05, 4.69) is 38.5 Å². The summed E-state index contributed by atoms with van der Waals surface area (Å²) in [5, 5.41) is 12.5. The lowest BCUT2D eigenvalue weighted by Crippen LogP contribution is -2.39. The van der Waals surface area contributed by atoms with Crippen LogP contribution in [0.3, 0.4) is 0 Å². The van der Waals surface area contributed by atoms with E-state index in [1.165, 1.54) is 0 Å². The average Bonchev–Trinajstić information content (AvgIpc) is 3.43. The minimum Gasteiger partial charge on any atom is -0.741 e. The van der Waals surface area contributed by atoms with Gasteiger partial charge in [-0.2, -0.15) is 4.98 Å². The zero-order chi connectivity index (χ0) is 29.9. The molecular weight excluding hydrogens is 550 g/mol. The van der Waals surface area contributed by atoms with E-state index in [-0.39, 0.29) is 12.1 Å². The maximum absolute atomic E-state index is 11.7. The highest BCUT2D eigenvalue weighted by Gasteiger charge is 2.28. The fraction of sp³-hybridized carbons (Fsp3) is 0.467. The Morgan fingerprint density at radius 1 is 1.07 bits per heavy atom. The Bertz CT molecular complexity index is 1570. The van der Waals surface area contributed by atoms with E-state index < -0.39 is 6.10 Å². The van der Waals surface area contributed by atoms with Gasteiger partial charge < -0.3 is 29.2 Å². The third kappa shape index (κ3) is 6.17. The van der Waals surface area contributed by atoms with Crippen LogP contribution in [-0.4, -0.2) is 86.4 Å². The van der Waals surface area contributed by atoms with Gasteiger partial charge in [-0.3, -0.25) is 9.72 Å². The van der Waals surface area contributed by atoms with Crippen LogP contribution in [0.2, 0.25) is 0 Å². The molecule has 0 N–H and O–H groups in total. The molecule has 2 fully saturated rings. The van der Waals surface area contributed by atoms with Crippen molar-refractivity contribution in [1.29, 1.82) is 0 Å². The number of hydrogen-bond acceptors (Lipinski definition) is 11. The van der Waals surface area contributed by atoms with Crippen molar-refractivity contribution >= 4 is 35.3 Å². The van der Waals surface area contributed by atoms with Gasteiger partial charge in [-0.05, 0) is 44.7 Å². The summed E-state index contributed by atoms with van der Waals surface area (Å²) >= 11 is 0. The van der Waals surface area contributed by atoms with Crippen molar-refractivity contribution in [3.63, 3.8) is 0 Å². The summed E-state index contributed by atoms with van der Waals surface area (Å²) in [6.45, 7) is 8.12. The Morgan fingerprint density at radius 2 is 1.81 bits per heavy atom. The maximum atomic E-state index is 11.7. The number of fused-ring (bicyclic) bond motifs is 1. The van der Waals surface area contributed by atoms with Crippen LogP contribution in [0.5, 0.6) is 11.6 Å². The molecule has 5 heterocycles. The van der Waals surface area contributed by atoms with Crippen molar-refractivity contribution in [3.05, 3.63) is 53.9 Å². The van der Waals surface area contributed by atoms with E-state index >= 15 is 0 Å². The van der Waals surface area contributed by atoms with E-state index in [1.807, 2.05) is 25.1 Å². The summed E-state index contributed by atoms with van der Waals surface area (Å²) in [4.78, 5) is 27.1. The third-order valence-electron chi connectivity index (χ3n) is 8.23. The molecule has 0 aromatic carbocycles. The molecule has 2 aliphatic rings. The number of nitrogens with zero attached hydrogens (tertiary/aromatic N) is 9. The van der Waals surface area contributed by atoms with E-state index in [1.54, 1.807) is 36.4 Å². The molecule has 0 amide bonds. The molecule has 6 rings (SSSR count). The predicted octanol–water partition coefficient (Wildman–Crippen LogP) is 3.80. The van der Waals surface area contributed by atoms with E-state index in [4.69, 9.17) is 24.2 Å². The number of rotatable bonds is 9. The van der Waals surface area contributed by atoms with Gasteiger partial charge in [0, 0.05) is 51.4 Å². The molecule has 4 aromatic rings. The number of aromatic nitrogens is 6. The summed E-state index contributed by atoms with van der Waals surface area (Å²) in [7, 11) is 3.81. The molecule has 1 saturated heterocycles. The molecule has 1 unspecified atom stereocenters. The Labute approximate surface area is 250 Å². The standard InChI is InChI=1S/C30H37N9O4/c1-20(26-19-34-30(37(26)3)38(4)40)42-23-16-24-25(33-18-23)17-27(39-12-14-41-15-13-39)35-28(24)43-22-8-6-21(7-9-22)36(2)29-31-10-5-11-32-29/h5,10-11,16-22H,4,6-9,12-15H2,1-3H3/t20?,21-,22+. The van der Waals surface area contributed by atoms with Gasteiger partial charge >= 0.3 is 5.95 Å². The minimum absolute atomic E-state index is 0.0195. The van der Waals surface area contributed by atoms with Crippen molar-refractivity contribution in [2.45, 2.75) is 50.9 Å². The molecule has 0 bridgehead atoms. The molecule has 13 heteroatoms. The van der Waals surface area contributed by atoms with Gasteiger partial charge in [-0.1, -0.05) is 4.98 Å². The first-order chi connectivity index (χ1) is 20.9. The predicted molar refractivity (Wildman–Crippen MR) is 162 cm³/mol. The highest BCUT2D eigenvalue weighted by atomic mass is 16.5.